The van der Waals surface area contributed by atoms with Crippen LogP contribution in [0.25, 0.3) is 11.5 Å². The number of nitrogens with zero attached hydrogens (tertiary/aromatic N) is 1. The summed E-state index contributed by atoms with van der Waals surface area (Å²) in [5.41, 5.74) is 2.27. The van der Waals surface area contributed by atoms with Gasteiger partial charge in [0.25, 0.3) is 0 Å². The van der Waals surface area contributed by atoms with Crippen LogP contribution in [0.3, 0.4) is 0 Å². The van der Waals surface area contributed by atoms with Gasteiger partial charge in [-0.05, 0) is 26.0 Å². The van der Waals surface area contributed by atoms with Gasteiger partial charge in [-0.15, -0.1) is 0 Å². The summed E-state index contributed by atoms with van der Waals surface area (Å²) < 4.78 is 5.40. The molecule has 1 heterocycles. The van der Waals surface area contributed by atoms with Gasteiger partial charge >= 0.3 is 0 Å². The van der Waals surface area contributed by atoms with E-state index in [9.17, 15) is 0 Å². The molecule has 1 aromatic heterocycles. The van der Waals surface area contributed by atoms with E-state index in [1.165, 1.54) is 5.56 Å². The molecule has 0 spiro atoms. The van der Waals surface area contributed by atoms with Crippen molar-refractivity contribution in [2.24, 2.45) is 0 Å². The largest absolute Gasteiger partial charge is 0.441 e. The Balaban J connectivity index is 0.000000531. The summed E-state index contributed by atoms with van der Waals surface area (Å²) in [5.74, 6) is 1.54. The molecule has 0 aliphatic carbocycles. The molecule has 0 saturated carbocycles. The van der Waals surface area contributed by atoms with Crippen molar-refractivity contribution in [2.75, 3.05) is 0 Å². The van der Waals surface area contributed by atoms with Gasteiger partial charge in [0, 0.05) is 5.56 Å². The highest BCUT2D eigenvalue weighted by Crippen LogP contribution is 2.18. The molecule has 0 N–H and O–H groups in total. The smallest absolute Gasteiger partial charge is 0.226 e. The Morgan fingerprint density at radius 1 is 1.00 bits per heavy atom. The van der Waals surface area contributed by atoms with E-state index < -0.39 is 0 Å². The van der Waals surface area contributed by atoms with Crippen LogP contribution < -0.4 is 0 Å². The number of aryl methyl sites for hydroxylation is 2. The molecule has 80 valence electrons. The van der Waals surface area contributed by atoms with Crippen LogP contribution in [0.5, 0.6) is 0 Å². The summed E-state index contributed by atoms with van der Waals surface area (Å²) >= 11 is 0. The summed E-state index contributed by atoms with van der Waals surface area (Å²) in [6.07, 6.45) is 1.73. The first-order chi connectivity index (χ1) is 7.25. The second kappa shape index (κ2) is 5.35. The Kier molecular flexibility index (Phi) is 4.10. The molecule has 2 nitrogen and oxygen atoms in total. The van der Waals surface area contributed by atoms with Crippen LogP contribution >= 0.6 is 0 Å². The molecule has 0 aliphatic heterocycles. The van der Waals surface area contributed by atoms with Gasteiger partial charge in [0.2, 0.25) is 5.89 Å². The fourth-order valence-electron chi connectivity index (χ4n) is 1.18. The lowest BCUT2D eigenvalue weighted by molar-refractivity contribution is 0.542. The van der Waals surface area contributed by atoms with E-state index in [2.05, 4.69) is 24.0 Å². The first-order valence-corrected chi connectivity index (χ1v) is 5.25. The maximum Gasteiger partial charge on any atom is 0.226 e. The van der Waals surface area contributed by atoms with Crippen LogP contribution in [0.1, 0.15) is 25.2 Å². The standard InChI is InChI=1S/C11H11NO.C2H6/c1-8-3-5-10(6-4-8)11-12-7-9(2)13-11;1-2/h3-7H,1-2H3;1-2H3. The van der Waals surface area contributed by atoms with Gasteiger partial charge < -0.3 is 4.42 Å². The lowest BCUT2D eigenvalue weighted by Crippen LogP contribution is -1.76. The van der Waals surface area contributed by atoms with E-state index in [1.807, 2.05) is 32.9 Å². The molecule has 2 heteroatoms. The Bertz CT molecular complexity index is 401. The summed E-state index contributed by atoms with van der Waals surface area (Å²) in [7, 11) is 0. The topological polar surface area (TPSA) is 26.0 Å². The molecular formula is C13H17NO. The monoisotopic (exact) mass is 203 g/mol. The summed E-state index contributed by atoms with van der Waals surface area (Å²) in [4.78, 5) is 4.15. The summed E-state index contributed by atoms with van der Waals surface area (Å²) in [5, 5.41) is 0. The average molecular weight is 203 g/mol. The van der Waals surface area contributed by atoms with E-state index in [0.29, 0.717) is 5.89 Å². The van der Waals surface area contributed by atoms with Crippen molar-refractivity contribution in [2.45, 2.75) is 27.7 Å². The quantitative estimate of drug-likeness (QED) is 0.700. The molecule has 2 rings (SSSR count). The Morgan fingerprint density at radius 3 is 2.07 bits per heavy atom. The number of benzene rings is 1. The van der Waals surface area contributed by atoms with Crippen molar-refractivity contribution in [3.8, 4) is 11.5 Å². The van der Waals surface area contributed by atoms with Gasteiger partial charge in [-0.3, -0.25) is 0 Å². The molecule has 0 unspecified atom stereocenters. The third-order valence-corrected chi connectivity index (χ3v) is 1.92. The molecule has 0 atom stereocenters. The minimum Gasteiger partial charge on any atom is -0.441 e. The Morgan fingerprint density at radius 2 is 1.60 bits per heavy atom. The number of oxazole rings is 1. The predicted molar refractivity (Wildman–Crippen MR) is 62.8 cm³/mol. The molecule has 0 radical (unpaired) electrons. The van der Waals surface area contributed by atoms with E-state index in [0.717, 1.165) is 11.3 Å². The molecule has 2 aromatic rings. The lowest BCUT2D eigenvalue weighted by atomic mass is 10.1. The predicted octanol–water partition coefficient (Wildman–Crippen LogP) is 3.98. The fourth-order valence-corrected chi connectivity index (χ4v) is 1.18. The van der Waals surface area contributed by atoms with Crippen LogP contribution in [0.15, 0.2) is 34.9 Å². The number of hydrogen-bond acceptors (Lipinski definition) is 2. The van der Waals surface area contributed by atoms with Crippen molar-refractivity contribution in [3.63, 3.8) is 0 Å². The van der Waals surface area contributed by atoms with Crippen molar-refractivity contribution < 1.29 is 4.42 Å². The van der Waals surface area contributed by atoms with Crippen molar-refractivity contribution >= 4 is 0 Å². The van der Waals surface area contributed by atoms with Gasteiger partial charge in [-0.1, -0.05) is 31.5 Å². The summed E-state index contributed by atoms with van der Waals surface area (Å²) in [6.45, 7) is 7.95. The molecule has 0 fully saturated rings. The average Bonchev–Trinajstić information content (AvgIpc) is 2.69. The third-order valence-electron chi connectivity index (χ3n) is 1.92. The molecule has 0 bridgehead atoms. The van der Waals surface area contributed by atoms with Gasteiger partial charge in [-0.2, -0.15) is 0 Å². The van der Waals surface area contributed by atoms with Crippen LogP contribution in [0, 0.1) is 13.8 Å². The fraction of sp³-hybridized carbons (Fsp3) is 0.308. The number of hydrogen-bond donors (Lipinski definition) is 0. The highest BCUT2D eigenvalue weighted by atomic mass is 16.4. The van der Waals surface area contributed by atoms with Gasteiger partial charge in [0.1, 0.15) is 5.76 Å². The molecule has 1 aromatic carbocycles. The zero-order valence-electron chi connectivity index (χ0n) is 9.74. The SMILES string of the molecule is CC.Cc1ccc(-c2ncc(C)o2)cc1. The Labute approximate surface area is 91.0 Å². The number of aromatic nitrogens is 1. The molecule has 0 saturated heterocycles. The Hall–Kier alpha value is -1.57. The maximum absolute atomic E-state index is 5.40. The first kappa shape index (κ1) is 11.5. The zero-order chi connectivity index (χ0) is 11.3. The summed E-state index contributed by atoms with van der Waals surface area (Å²) in [6, 6.07) is 8.13. The van der Waals surface area contributed by atoms with E-state index in [-0.39, 0.29) is 0 Å². The van der Waals surface area contributed by atoms with E-state index >= 15 is 0 Å². The highest BCUT2D eigenvalue weighted by Gasteiger charge is 2.02. The van der Waals surface area contributed by atoms with Crippen LogP contribution in [0.4, 0.5) is 0 Å². The second-order valence-corrected chi connectivity index (χ2v) is 3.14. The van der Waals surface area contributed by atoms with Crippen LogP contribution in [-0.4, -0.2) is 4.98 Å². The van der Waals surface area contributed by atoms with Crippen molar-refractivity contribution in [1.82, 2.24) is 4.98 Å². The minimum atomic E-state index is 0.692. The van der Waals surface area contributed by atoms with E-state index in [1.54, 1.807) is 6.20 Å². The van der Waals surface area contributed by atoms with Crippen molar-refractivity contribution in [1.29, 1.82) is 0 Å². The van der Waals surface area contributed by atoms with Crippen LogP contribution in [-0.2, 0) is 0 Å². The highest BCUT2D eigenvalue weighted by molar-refractivity contribution is 5.53. The first-order valence-electron chi connectivity index (χ1n) is 5.25. The minimum absolute atomic E-state index is 0.692. The normalized spacial score (nSPS) is 9.33. The molecular weight excluding hydrogens is 186 g/mol. The number of rotatable bonds is 1. The lowest BCUT2D eigenvalue weighted by Gasteiger charge is -1.95. The van der Waals surface area contributed by atoms with Gasteiger partial charge in [0.05, 0.1) is 6.20 Å². The van der Waals surface area contributed by atoms with Crippen LogP contribution in [0.2, 0.25) is 0 Å². The second-order valence-electron chi connectivity index (χ2n) is 3.14. The maximum atomic E-state index is 5.40. The van der Waals surface area contributed by atoms with E-state index in [4.69, 9.17) is 4.42 Å². The molecule has 0 aliphatic rings. The zero-order valence-corrected chi connectivity index (χ0v) is 9.74. The molecule has 15 heavy (non-hydrogen) atoms. The van der Waals surface area contributed by atoms with Gasteiger partial charge in [0.15, 0.2) is 0 Å². The van der Waals surface area contributed by atoms with Gasteiger partial charge in [-0.25, -0.2) is 4.98 Å². The molecule has 0 amide bonds. The van der Waals surface area contributed by atoms with Crippen molar-refractivity contribution in [3.05, 3.63) is 41.8 Å². The third kappa shape index (κ3) is 2.94.